The maximum atomic E-state index is 11.9. The van der Waals surface area contributed by atoms with Crippen LogP contribution in [0.4, 0.5) is 4.79 Å². The van der Waals surface area contributed by atoms with Gasteiger partial charge in [0.2, 0.25) is 0 Å². The molecule has 1 aromatic heterocycles. The monoisotopic (exact) mass is 279 g/mol. The van der Waals surface area contributed by atoms with Gasteiger partial charge in [0, 0.05) is 12.4 Å². The first-order chi connectivity index (χ1) is 9.45. The summed E-state index contributed by atoms with van der Waals surface area (Å²) in [5.74, 6) is -1.15. The number of hydrogen-bond donors (Lipinski definition) is 3. The van der Waals surface area contributed by atoms with Crippen molar-refractivity contribution in [3.8, 4) is 0 Å². The van der Waals surface area contributed by atoms with Gasteiger partial charge in [-0.2, -0.15) is 0 Å². The van der Waals surface area contributed by atoms with E-state index in [2.05, 4.69) is 15.6 Å². The van der Waals surface area contributed by atoms with E-state index in [-0.39, 0.29) is 12.0 Å². The van der Waals surface area contributed by atoms with E-state index in [0.29, 0.717) is 6.42 Å². The number of hydrogen-bond acceptors (Lipinski definition) is 3. The molecule has 6 nitrogen and oxygen atoms in total. The third-order valence-electron chi connectivity index (χ3n) is 3.32. The highest BCUT2D eigenvalue weighted by molar-refractivity contribution is 5.82. The molecule has 0 aliphatic rings. The standard InChI is InChI=1S/C14H21N3O3/c1-4-9(2)12(13(18)19)17-14(20)16-10(3)11-5-7-15-8-6-11/h5-10,12H,4H2,1-3H3,(H,18,19)(H2,16,17,20)/t9?,10?,12-/m0/s1. The summed E-state index contributed by atoms with van der Waals surface area (Å²) in [7, 11) is 0. The molecule has 0 aliphatic heterocycles. The van der Waals surface area contributed by atoms with Gasteiger partial charge in [0.15, 0.2) is 0 Å². The van der Waals surface area contributed by atoms with Crippen LogP contribution in [-0.2, 0) is 4.79 Å². The van der Waals surface area contributed by atoms with Gasteiger partial charge in [-0.1, -0.05) is 20.3 Å². The maximum absolute atomic E-state index is 11.9. The highest BCUT2D eigenvalue weighted by atomic mass is 16.4. The number of carboxylic acids is 1. The smallest absolute Gasteiger partial charge is 0.326 e. The lowest BCUT2D eigenvalue weighted by molar-refractivity contribution is -0.140. The lowest BCUT2D eigenvalue weighted by atomic mass is 9.99. The molecule has 110 valence electrons. The Labute approximate surface area is 118 Å². The molecule has 20 heavy (non-hydrogen) atoms. The number of aliphatic carboxylic acids is 1. The Hall–Kier alpha value is -2.11. The summed E-state index contributed by atoms with van der Waals surface area (Å²) >= 11 is 0. The van der Waals surface area contributed by atoms with Crippen molar-refractivity contribution in [1.82, 2.24) is 15.6 Å². The number of pyridine rings is 1. The van der Waals surface area contributed by atoms with Crippen molar-refractivity contribution in [2.24, 2.45) is 5.92 Å². The van der Waals surface area contributed by atoms with Crippen LogP contribution < -0.4 is 10.6 Å². The summed E-state index contributed by atoms with van der Waals surface area (Å²) < 4.78 is 0. The van der Waals surface area contributed by atoms with Crippen molar-refractivity contribution < 1.29 is 14.7 Å². The van der Waals surface area contributed by atoms with E-state index in [0.717, 1.165) is 5.56 Å². The van der Waals surface area contributed by atoms with Gasteiger partial charge in [-0.25, -0.2) is 9.59 Å². The second-order valence-electron chi connectivity index (χ2n) is 4.82. The van der Waals surface area contributed by atoms with Gasteiger partial charge in [0.05, 0.1) is 6.04 Å². The molecule has 1 aromatic rings. The molecule has 0 aromatic carbocycles. The zero-order valence-corrected chi connectivity index (χ0v) is 12.0. The van der Waals surface area contributed by atoms with Crippen LogP contribution in [0, 0.1) is 5.92 Å². The predicted molar refractivity (Wildman–Crippen MR) is 75.2 cm³/mol. The van der Waals surface area contributed by atoms with Crippen LogP contribution in [0.1, 0.15) is 38.8 Å². The first kappa shape index (κ1) is 15.9. The molecule has 6 heteroatoms. The average Bonchev–Trinajstić information content (AvgIpc) is 2.44. The molecule has 3 N–H and O–H groups in total. The first-order valence-corrected chi connectivity index (χ1v) is 6.65. The lowest BCUT2D eigenvalue weighted by Crippen LogP contribution is -2.49. The normalized spacial score (nSPS) is 14.9. The molecular formula is C14H21N3O3. The number of carbonyl (C=O) groups is 2. The third kappa shape index (κ3) is 4.53. The van der Waals surface area contributed by atoms with Crippen LogP contribution in [-0.4, -0.2) is 28.1 Å². The van der Waals surface area contributed by atoms with Crippen molar-refractivity contribution in [2.45, 2.75) is 39.3 Å². The minimum atomic E-state index is -1.02. The van der Waals surface area contributed by atoms with Gasteiger partial charge < -0.3 is 15.7 Å². The zero-order valence-electron chi connectivity index (χ0n) is 12.0. The number of carbonyl (C=O) groups excluding carboxylic acids is 1. The number of rotatable bonds is 6. The molecule has 1 heterocycles. The second-order valence-corrected chi connectivity index (χ2v) is 4.82. The van der Waals surface area contributed by atoms with E-state index in [1.807, 2.05) is 13.8 Å². The Balaban J connectivity index is 2.60. The van der Waals surface area contributed by atoms with Crippen LogP contribution in [0.2, 0.25) is 0 Å². The van der Waals surface area contributed by atoms with Crippen molar-refractivity contribution in [3.63, 3.8) is 0 Å². The van der Waals surface area contributed by atoms with Crippen molar-refractivity contribution >= 4 is 12.0 Å². The van der Waals surface area contributed by atoms with Gasteiger partial charge in [0.1, 0.15) is 6.04 Å². The molecule has 0 radical (unpaired) electrons. The Kier molecular flexibility index (Phi) is 5.96. The molecular weight excluding hydrogens is 258 g/mol. The number of urea groups is 1. The number of nitrogens with one attached hydrogen (secondary N) is 2. The molecule has 0 fully saturated rings. The molecule has 0 spiro atoms. The van der Waals surface area contributed by atoms with E-state index in [1.165, 1.54) is 0 Å². The highest BCUT2D eigenvalue weighted by Gasteiger charge is 2.25. The molecule has 0 saturated carbocycles. The summed E-state index contributed by atoms with van der Waals surface area (Å²) in [6, 6.07) is 2.01. The van der Waals surface area contributed by atoms with E-state index >= 15 is 0 Å². The number of nitrogens with zero attached hydrogens (tertiary/aromatic N) is 1. The van der Waals surface area contributed by atoms with Crippen molar-refractivity contribution in [2.75, 3.05) is 0 Å². The number of amides is 2. The molecule has 3 atom stereocenters. The Morgan fingerprint density at radius 1 is 1.25 bits per heavy atom. The van der Waals surface area contributed by atoms with Gasteiger partial charge in [-0.3, -0.25) is 4.98 Å². The van der Waals surface area contributed by atoms with Crippen molar-refractivity contribution in [3.05, 3.63) is 30.1 Å². The second kappa shape index (κ2) is 7.47. The Bertz CT molecular complexity index is 450. The van der Waals surface area contributed by atoms with Crippen molar-refractivity contribution in [1.29, 1.82) is 0 Å². The van der Waals surface area contributed by atoms with Crippen LogP contribution in [0.25, 0.3) is 0 Å². The summed E-state index contributed by atoms with van der Waals surface area (Å²) in [5, 5.41) is 14.3. The minimum absolute atomic E-state index is 0.130. The molecule has 0 aliphatic carbocycles. The van der Waals surface area contributed by atoms with Gasteiger partial charge >= 0.3 is 12.0 Å². The molecule has 0 saturated heterocycles. The third-order valence-corrected chi connectivity index (χ3v) is 3.32. The van der Waals surface area contributed by atoms with Crippen LogP contribution in [0.3, 0.4) is 0 Å². The molecule has 2 unspecified atom stereocenters. The van der Waals surface area contributed by atoms with E-state index in [1.54, 1.807) is 31.5 Å². The average molecular weight is 279 g/mol. The first-order valence-electron chi connectivity index (χ1n) is 6.65. The molecule has 0 bridgehead atoms. The predicted octanol–water partition coefficient (Wildman–Crippen LogP) is 1.94. The SMILES string of the molecule is CCC(C)[C@H](NC(=O)NC(C)c1ccncc1)C(=O)O. The topological polar surface area (TPSA) is 91.3 Å². The molecule has 1 rings (SSSR count). The fraction of sp³-hybridized carbons (Fsp3) is 0.500. The fourth-order valence-electron chi connectivity index (χ4n) is 1.80. The van der Waals surface area contributed by atoms with E-state index in [9.17, 15) is 9.59 Å². The summed E-state index contributed by atoms with van der Waals surface area (Å²) in [5.41, 5.74) is 0.908. The van der Waals surface area contributed by atoms with E-state index in [4.69, 9.17) is 5.11 Å². The maximum Gasteiger partial charge on any atom is 0.326 e. The van der Waals surface area contributed by atoms with Crippen LogP contribution in [0.5, 0.6) is 0 Å². The summed E-state index contributed by atoms with van der Waals surface area (Å²) in [6.45, 7) is 5.51. The zero-order chi connectivity index (χ0) is 15.1. The molecule has 2 amide bonds. The Morgan fingerprint density at radius 3 is 2.35 bits per heavy atom. The minimum Gasteiger partial charge on any atom is -0.480 e. The quantitative estimate of drug-likeness (QED) is 0.742. The fourth-order valence-corrected chi connectivity index (χ4v) is 1.80. The Morgan fingerprint density at radius 2 is 1.85 bits per heavy atom. The number of aromatic nitrogens is 1. The largest absolute Gasteiger partial charge is 0.480 e. The number of carboxylic acid groups (broad SMARTS) is 1. The van der Waals surface area contributed by atoms with E-state index < -0.39 is 18.0 Å². The van der Waals surface area contributed by atoms with Gasteiger partial charge in [0.25, 0.3) is 0 Å². The highest BCUT2D eigenvalue weighted by Crippen LogP contribution is 2.11. The lowest BCUT2D eigenvalue weighted by Gasteiger charge is -2.22. The summed E-state index contributed by atoms with van der Waals surface area (Å²) in [4.78, 5) is 26.9. The van der Waals surface area contributed by atoms with Gasteiger partial charge in [-0.05, 0) is 30.5 Å². The van der Waals surface area contributed by atoms with Crippen LogP contribution >= 0.6 is 0 Å². The van der Waals surface area contributed by atoms with Crippen LogP contribution in [0.15, 0.2) is 24.5 Å². The summed E-state index contributed by atoms with van der Waals surface area (Å²) in [6.07, 6.45) is 3.96. The van der Waals surface area contributed by atoms with Gasteiger partial charge in [-0.15, -0.1) is 0 Å².